The van der Waals surface area contributed by atoms with E-state index in [1.54, 1.807) is 6.92 Å². The molecule has 2 rings (SSSR count). The molecule has 1 heterocycles. The number of carbonyl (C=O) groups is 2. The minimum Gasteiger partial charge on any atom is -0.394 e. The van der Waals surface area contributed by atoms with Crippen LogP contribution in [-0.4, -0.2) is 48.4 Å². The highest BCUT2D eigenvalue weighted by Crippen LogP contribution is 2.29. The molecule has 0 spiro atoms. The quantitative estimate of drug-likeness (QED) is 0.548. The number of anilines is 1. The molecule has 7 nitrogen and oxygen atoms in total. The first-order chi connectivity index (χ1) is 13.7. The number of rotatable bonds is 7. The summed E-state index contributed by atoms with van der Waals surface area (Å²) in [6.45, 7) is 1.82. The van der Waals surface area contributed by atoms with Crippen LogP contribution in [0, 0.1) is 0 Å². The van der Waals surface area contributed by atoms with Gasteiger partial charge >= 0.3 is 12.2 Å². The van der Waals surface area contributed by atoms with E-state index < -0.39 is 23.9 Å². The van der Waals surface area contributed by atoms with E-state index in [1.165, 1.54) is 12.1 Å². The van der Waals surface area contributed by atoms with E-state index in [4.69, 9.17) is 4.74 Å². The highest BCUT2D eigenvalue weighted by molar-refractivity contribution is 5.89. The topological polar surface area (TPSA) is 99.7 Å². The van der Waals surface area contributed by atoms with Crippen LogP contribution in [0.3, 0.4) is 0 Å². The molecule has 1 aliphatic heterocycles. The Labute approximate surface area is 167 Å². The highest BCUT2D eigenvalue weighted by atomic mass is 19.4. The van der Waals surface area contributed by atoms with Crippen molar-refractivity contribution in [2.75, 3.05) is 18.5 Å². The number of nitrogens with one attached hydrogen (secondary N) is 3. The molecule has 29 heavy (non-hydrogen) atoms. The molecule has 3 atom stereocenters. The molecule has 0 aromatic heterocycles. The molecular weight excluding hydrogens is 391 g/mol. The van der Waals surface area contributed by atoms with E-state index in [0.717, 1.165) is 12.1 Å². The van der Waals surface area contributed by atoms with Crippen molar-refractivity contribution in [3.8, 4) is 0 Å². The number of alkyl halides is 3. The van der Waals surface area contributed by atoms with Crippen molar-refractivity contribution in [1.29, 1.82) is 0 Å². The molecule has 162 valence electrons. The molecule has 1 aliphatic rings. The lowest BCUT2D eigenvalue weighted by atomic mass is 9.97. The van der Waals surface area contributed by atoms with Gasteiger partial charge in [0.15, 0.2) is 0 Å². The van der Waals surface area contributed by atoms with E-state index in [2.05, 4.69) is 16.0 Å². The Bertz CT molecular complexity index is 682. The predicted molar refractivity (Wildman–Crippen MR) is 100 cm³/mol. The molecule has 0 unspecified atom stereocenters. The Kier molecular flexibility index (Phi) is 8.27. The summed E-state index contributed by atoms with van der Waals surface area (Å²) in [5.74, 6) is -0.0999. The van der Waals surface area contributed by atoms with Crippen LogP contribution in [0.4, 0.5) is 23.7 Å². The summed E-state index contributed by atoms with van der Waals surface area (Å²) in [5.41, 5.74) is -0.538. The maximum Gasteiger partial charge on any atom is 0.416 e. The largest absolute Gasteiger partial charge is 0.416 e. The van der Waals surface area contributed by atoms with Crippen LogP contribution in [0.2, 0.25) is 0 Å². The van der Waals surface area contributed by atoms with Crippen molar-refractivity contribution >= 4 is 17.6 Å². The molecular formula is C19H26F3N3O4. The van der Waals surface area contributed by atoms with E-state index in [1.807, 2.05) is 0 Å². The molecule has 1 fully saturated rings. The van der Waals surface area contributed by atoms with Gasteiger partial charge in [-0.1, -0.05) is 6.92 Å². The summed E-state index contributed by atoms with van der Waals surface area (Å²) < 4.78 is 43.4. The number of hydrogen-bond donors (Lipinski definition) is 4. The Morgan fingerprint density at radius 1 is 1.21 bits per heavy atom. The fourth-order valence-electron chi connectivity index (χ4n) is 3.08. The Morgan fingerprint density at radius 3 is 2.48 bits per heavy atom. The van der Waals surface area contributed by atoms with Crippen LogP contribution >= 0.6 is 0 Å². The number of aliphatic hydroxyl groups excluding tert-OH is 1. The first kappa shape index (κ1) is 23.0. The molecule has 3 amide bonds. The molecule has 0 radical (unpaired) electrons. The molecule has 1 aromatic rings. The van der Waals surface area contributed by atoms with Crippen molar-refractivity contribution in [2.24, 2.45) is 0 Å². The molecule has 1 saturated heterocycles. The Balaban J connectivity index is 1.73. The molecule has 10 heteroatoms. The lowest BCUT2D eigenvalue weighted by Gasteiger charge is -2.36. The number of halogens is 3. The summed E-state index contributed by atoms with van der Waals surface area (Å²) in [7, 11) is 0. The van der Waals surface area contributed by atoms with Crippen molar-refractivity contribution in [3.05, 3.63) is 29.8 Å². The van der Waals surface area contributed by atoms with Crippen LogP contribution in [-0.2, 0) is 15.7 Å². The predicted octanol–water partition coefficient (Wildman–Crippen LogP) is 2.65. The highest BCUT2D eigenvalue weighted by Gasteiger charge is 2.31. The van der Waals surface area contributed by atoms with Gasteiger partial charge in [-0.2, -0.15) is 13.2 Å². The van der Waals surface area contributed by atoms with Crippen molar-refractivity contribution in [1.82, 2.24) is 10.6 Å². The number of carbonyl (C=O) groups excluding carboxylic acids is 2. The van der Waals surface area contributed by atoms with Gasteiger partial charge in [0.2, 0.25) is 5.91 Å². The first-order valence-electron chi connectivity index (χ1n) is 9.50. The number of hydrogen-bond acceptors (Lipinski definition) is 4. The van der Waals surface area contributed by atoms with Crippen LogP contribution in [0.15, 0.2) is 24.3 Å². The first-order valence-corrected chi connectivity index (χ1v) is 9.50. The van der Waals surface area contributed by atoms with Crippen molar-refractivity contribution < 1.29 is 32.6 Å². The summed E-state index contributed by atoms with van der Waals surface area (Å²) in [5, 5.41) is 17.4. The average molecular weight is 417 g/mol. The van der Waals surface area contributed by atoms with Gasteiger partial charge in [-0.15, -0.1) is 0 Å². The van der Waals surface area contributed by atoms with Gasteiger partial charge in [0.25, 0.3) is 0 Å². The zero-order chi connectivity index (χ0) is 21.4. The van der Waals surface area contributed by atoms with Crippen LogP contribution in [0.1, 0.15) is 38.2 Å². The second kappa shape index (κ2) is 10.4. The van der Waals surface area contributed by atoms with Crippen molar-refractivity contribution in [3.63, 3.8) is 0 Å². The number of ether oxygens (including phenoxy) is 1. The van der Waals surface area contributed by atoms with Gasteiger partial charge in [0.05, 0.1) is 24.3 Å². The average Bonchev–Trinajstić information content (AvgIpc) is 2.68. The van der Waals surface area contributed by atoms with Crippen molar-refractivity contribution in [2.45, 2.75) is 57.0 Å². The second-order valence-corrected chi connectivity index (χ2v) is 6.83. The fourth-order valence-corrected chi connectivity index (χ4v) is 3.08. The SMILES string of the molecule is CCC(=O)N[C@H]1CC[C@H](CCNC(=O)Nc2ccc(C(F)(F)F)cc2)O[C@@H]1CO. The van der Waals surface area contributed by atoms with Gasteiger partial charge in [0, 0.05) is 18.7 Å². The van der Waals surface area contributed by atoms with Gasteiger partial charge in [0.1, 0.15) is 6.10 Å². The fraction of sp³-hybridized carbons (Fsp3) is 0.579. The molecule has 0 bridgehead atoms. The summed E-state index contributed by atoms with van der Waals surface area (Å²) >= 11 is 0. The lowest BCUT2D eigenvalue weighted by molar-refractivity contribution is -0.137. The zero-order valence-electron chi connectivity index (χ0n) is 16.1. The molecule has 0 saturated carbocycles. The second-order valence-electron chi connectivity index (χ2n) is 6.83. The third-order valence-electron chi connectivity index (χ3n) is 4.69. The monoisotopic (exact) mass is 417 g/mol. The number of amides is 3. The summed E-state index contributed by atoms with van der Waals surface area (Å²) in [6, 6.07) is 3.39. The van der Waals surface area contributed by atoms with E-state index >= 15 is 0 Å². The maximum absolute atomic E-state index is 12.5. The minimum absolute atomic E-state index is 0.0999. The number of aliphatic hydroxyl groups is 1. The van der Waals surface area contributed by atoms with Gasteiger partial charge in [-0.3, -0.25) is 4.79 Å². The number of urea groups is 1. The Hall–Kier alpha value is -2.33. The van der Waals surface area contributed by atoms with E-state index in [0.29, 0.717) is 32.2 Å². The lowest BCUT2D eigenvalue weighted by Crippen LogP contribution is -2.51. The molecule has 1 aromatic carbocycles. The maximum atomic E-state index is 12.5. The van der Waals surface area contributed by atoms with Gasteiger partial charge in [-0.25, -0.2) is 4.79 Å². The molecule has 0 aliphatic carbocycles. The number of benzene rings is 1. The van der Waals surface area contributed by atoms with Gasteiger partial charge < -0.3 is 25.8 Å². The third kappa shape index (κ3) is 7.21. The third-order valence-corrected chi connectivity index (χ3v) is 4.69. The summed E-state index contributed by atoms with van der Waals surface area (Å²) in [6.07, 6.45) is -2.89. The van der Waals surface area contributed by atoms with Crippen LogP contribution in [0.5, 0.6) is 0 Å². The van der Waals surface area contributed by atoms with Gasteiger partial charge in [-0.05, 0) is 43.5 Å². The van der Waals surface area contributed by atoms with E-state index in [-0.39, 0.29) is 30.3 Å². The Morgan fingerprint density at radius 2 is 1.90 bits per heavy atom. The van der Waals surface area contributed by atoms with E-state index in [9.17, 15) is 27.9 Å². The standard InChI is InChI=1S/C19H26F3N3O4/c1-2-17(27)25-15-8-7-14(29-16(15)11-26)9-10-23-18(28)24-13-5-3-12(4-6-13)19(20,21)22/h3-6,14-16,26H,2,7-11H2,1H3,(H,25,27)(H2,23,24,28)/t14-,15+,16-/m1/s1. The normalized spacial score (nSPS) is 22.0. The van der Waals surface area contributed by atoms with Crippen LogP contribution < -0.4 is 16.0 Å². The minimum atomic E-state index is -4.43. The zero-order valence-corrected chi connectivity index (χ0v) is 16.1. The summed E-state index contributed by atoms with van der Waals surface area (Å²) in [4.78, 5) is 23.4. The smallest absolute Gasteiger partial charge is 0.394 e. The van der Waals surface area contributed by atoms with Crippen LogP contribution in [0.25, 0.3) is 0 Å². The molecule has 4 N–H and O–H groups in total.